The van der Waals surface area contributed by atoms with Gasteiger partial charge in [-0.15, -0.1) is 0 Å². The lowest BCUT2D eigenvalue weighted by Crippen LogP contribution is -2.29. The molecule has 8 nitrogen and oxygen atoms in total. The van der Waals surface area contributed by atoms with Gasteiger partial charge in [0.1, 0.15) is 29.1 Å². The van der Waals surface area contributed by atoms with Crippen molar-refractivity contribution >= 4 is 28.7 Å². The van der Waals surface area contributed by atoms with Gasteiger partial charge >= 0.3 is 0 Å². The summed E-state index contributed by atoms with van der Waals surface area (Å²) in [4.78, 5) is 17.8. The fourth-order valence-corrected chi connectivity index (χ4v) is 5.18. The molecule has 1 aliphatic rings. The van der Waals surface area contributed by atoms with Crippen molar-refractivity contribution in [3.8, 4) is 22.8 Å². The van der Waals surface area contributed by atoms with E-state index in [0.29, 0.717) is 27.9 Å². The maximum absolute atomic E-state index is 11.6. The van der Waals surface area contributed by atoms with E-state index in [0.717, 1.165) is 22.7 Å². The molecule has 0 bridgehead atoms. The topological polar surface area (TPSA) is 93.7 Å². The zero-order valence-electron chi connectivity index (χ0n) is 21.4. The summed E-state index contributed by atoms with van der Waals surface area (Å²) in [5.41, 5.74) is 3.17. The van der Waals surface area contributed by atoms with Crippen LogP contribution in [0.25, 0.3) is 11.3 Å². The van der Waals surface area contributed by atoms with Crippen LogP contribution < -0.4 is 15.0 Å². The summed E-state index contributed by atoms with van der Waals surface area (Å²) >= 11 is 5.81. The molecule has 9 heteroatoms. The molecule has 40 heavy (non-hydrogen) atoms. The molecule has 1 fully saturated rings. The van der Waals surface area contributed by atoms with Crippen LogP contribution in [0, 0.1) is 17.0 Å². The van der Waals surface area contributed by atoms with Crippen molar-refractivity contribution in [3.63, 3.8) is 0 Å². The van der Waals surface area contributed by atoms with E-state index in [4.69, 9.17) is 21.4 Å². The number of hydrogen-bond acceptors (Lipinski definition) is 6. The number of hydrogen-bond donors (Lipinski definition) is 1. The number of pyridine rings is 1. The molecule has 2 atom stereocenters. The Balaban J connectivity index is 1.36. The van der Waals surface area contributed by atoms with Crippen molar-refractivity contribution in [1.82, 2.24) is 10.3 Å². The summed E-state index contributed by atoms with van der Waals surface area (Å²) in [7, 11) is 0. The number of para-hydroxylation sites is 1. The van der Waals surface area contributed by atoms with Crippen LogP contribution in [0.15, 0.2) is 114 Å². The van der Waals surface area contributed by atoms with Crippen molar-refractivity contribution in [1.29, 1.82) is 0 Å². The first-order valence-corrected chi connectivity index (χ1v) is 13.1. The van der Waals surface area contributed by atoms with Crippen LogP contribution in [0.4, 0.5) is 11.4 Å². The van der Waals surface area contributed by atoms with Gasteiger partial charge in [-0.05, 0) is 85.9 Å². The first-order chi connectivity index (χ1) is 19.5. The summed E-state index contributed by atoms with van der Waals surface area (Å²) < 4.78 is 12.3. The average molecular weight is 549 g/mol. The van der Waals surface area contributed by atoms with E-state index in [1.54, 1.807) is 30.5 Å². The minimum atomic E-state index is -0.410. The van der Waals surface area contributed by atoms with Crippen molar-refractivity contribution < 1.29 is 14.1 Å². The molecule has 0 saturated carbocycles. The van der Waals surface area contributed by atoms with Crippen molar-refractivity contribution in [2.45, 2.75) is 19.0 Å². The molecule has 1 aliphatic heterocycles. The van der Waals surface area contributed by atoms with E-state index in [-0.39, 0.29) is 11.7 Å². The third kappa shape index (κ3) is 4.90. The summed E-state index contributed by atoms with van der Waals surface area (Å²) in [5.74, 6) is 2.45. The highest BCUT2D eigenvalue weighted by Crippen LogP contribution is 2.44. The molecule has 0 radical (unpaired) electrons. The Bertz CT molecular complexity index is 1670. The van der Waals surface area contributed by atoms with E-state index < -0.39 is 11.0 Å². The highest BCUT2D eigenvalue weighted by Gasteiger charge is 2.42. The van der Waals surface area contributed by atoms with Gasteiger partial charge in [-0.3, -0.25) is 15.1 Å². The SMILES string of the molecule is Cc1ccc(Oc2ccc(N3C(=S)N[C@@H](c4ccccn4)[C@@H]3c3ccc(-c4ccccc4[N+](=O)[O-])o3)cc2)cc1. The number of rotatable bonds is 7. The fourth-order valence-electron chi connectivity index (χ4n) is 4.84. The van der Waals surface area contributed by atoms with Gasteiger partial charge in [0.2, 0.25) is 0 Å². The Kier molecular flexibility index (Phi) is 6.71. The second-order valence-electron chi connectivity index (χ2n) is 9.38. The Morgan fingerprint density at radius 1 is 0.925 bits per heavy atom. The zero-order valence-corrected chi connectivity index (χ0v) is 22.2. The Labute approximate surface area is 236 Å². The van der Waals surface area contributed by atoms with Gasteiger partial charge in [-0.1, -0.05) is 35.9 Å². The number of benzene rings is 3. The lowest BCUT2D eigenvalue weighted by Gasteiger charge is -2.26. The quantitative estimate of drug-likeness (QED) is 0.127. The van der Waals surface area contributed by atoms with E-state index in [1.807, 2.05) is 84.6 Å². The molecule has 0 aliphatic carbocycles. The number of anilines is 1. The third-order valence-electron chi connectivity index (χ3n) is 6.75. The number of nitrogens with zero attached hydrogens (tertiary/aromatic N) is 3. The van der Waals surface area contributed by atoms with Gasteiger partial charge in [0.15, 0.2) is 5.11 Å². The summed E-state index contributed by atoms with van der Waals surface area (Å²) in [6.07, 6.45) is 1.73. The van der Waals surface area contributed by atoms with Crippen LogP contribution in [-0.2, 0) is 0 Å². The molecule has 3 aromatic carbocycles. The Morgan fingerprint density at radius 3 is 2.33 bits per heavy atom. The van der Waals surface area contributed by atoms with Gasteiger partial charge in [0, 0.05) is 18.0 Å². The molecule has 1 saturated heterocycles. The van der Waals surface area contributed by atoms with Crippen LogP contribution in [-0.4, -0.2) is 15.0 Å². The average Bonchev–Trinajstić information content (AvgIpc) is 3.60. The molecular formula is C31H24N4O4S. The van der Waals surface area contributed by atoms with Gasteiger partial charge in [-0.25, -0.2) is 0 Å². The van der Waals surface area contributed by atoms with E-state index in [2.05, 4.69) is 10.3 Å². The number of aromatic nitrogens is 1. The molecule has 0 spiro atoms. The summed E-state index contributed by atoms with van der Waals surface area (Å²) in [6.45, 7) is 2.03. The minimum absolute atomic E-state index is 0.0224. The number of ether oxygens (including phenoxy) is 1. The Hall–Kier alpha value is -5.02. The number of furan rings is 1. The van der Waals surface area contributed by atoms with E-state index in [9.17, 15) is 10.1 Å². The van der Waals surface area contributed by atoms with Gasteiger partial charge < -0.3 is 19.4 Å². The Morgan fingerprint density at radius 2 is 1.62 bits per heavy atom. The minimum Gasteiger partial charge on any atom is -0.459 e. The molecule has 2 aromatic heterocycles. The first-order valence-electron chi connectivity index (χ1n) is 12.7. The molecular weight excluding hydrogens is 524 g/mol. The van der Waals surface area contributed by atoms with Crippen LogP contribution in [0.5, 0.6) is 11.5 Å². The van der Waals surface area contributed by atoms with Crippen LogP contribution in [0.3, 0.4) is 0 Å². The molecule has 0 unspecified atom stereocenters. The van der Waals surface area contributed by atoms with Gasteiger partial charge in [0.25, 0.3) is 5.69 Å². The molecule has 6 rings (SSSR count). The lowest BCUT2D eigenvalue weighted by molar-refractivity contribution is -0.384. The predicted octanol–water partition coefficient (Wildman–Crippen LogP) is 7.53. The standard InChI is InChI=1S/C31H24N4O4S/c1-20-9-13-22(14-10-20)38-23-15-11-21(12-16-23)34-30(29(33-31(34)40)25-7-4-5-19-32-25)28-18-17-27(39-28)24-6-2-3-8-26(24)35(36)37/h2-19,29-30H,1H3,(H,33,40)/t29-,30-/m0/s1. The maximum Gasteiger partial charge on any atom is 0.280 e. The number of aryl methyl sites for hydroxylation is 1. The third-order valence-corrected chi connectivity index (χ3v) is 7.07. The van der Waals surface area contributed by atoms with Gasteiger partial charge in [-0.2, -0.15) is 0 Å². The largest absolute Gasteiger partial charge is 0.459 e. The molecule has 198 valence electrons. The monoisotopic (exact) mass is 548 g/mol. The molecule has 3 heterocycles. The molecule has 5 aromatic rings. The van der Waals surface area contributed by atoms with Crippen LogP contribution in [0.1, 0.15) is 29.1 Å². The molecule has 0 amide bonds. The second kappa shape index (κ2) is 10.6. The summed E-state index contributed by atoms with van der Waals surface area (Å²) in [5, 5.41) is 15.6. The highest BCUT2D eigenvalue weighted by atomic mass is 32.1. The summed E-state index contributed by atoms with van der Waals surface area (Å²) in [6, 6.07) is 30.7. The number of nitro groups is 1. The van der Waals surface area contributed by atoms with Crippen molar-refractivity contribution in [2.75, 3.05) is 4.90 Å². The van der Waals surface area contributed by atoms with E-state index in [1.165, 1.54) is 6.07 Å². The number of nitrogens with one attached hydrogen (secondary N) is 1. The van der Waals surface area contributed by atoms with Crippen molar-refractivity contribution in [2.24, 2.45) is 0 Å². The van der Waals surface area contributed by atoms with Crippen LogP contribution >= 0.6 is 12.2 Å². The maximum atomic E-state index is 11.6. The highest BCUT2D eigenvalue weighted by molar-refractivity contribution is 7.80. The second-order valence-corrected chi connectivity index (χ2v) is 9.77. The van der Waals surface area contributed by atoms with Gasteiger partial charge in [0.05, 0.1) is 22.2 Å². The smallest absolute Gasteiger partial charge is 0.280 e. The van der Waals surface area contributed by atoms with Crippen molar-refractivity contribution in [3.05, 3.63) is 136 Å². The lowest BCUT2D eigenvalue weighted by atomic mass is 10.0. The predicted molar refractivity (Wildman–Crippen MR) is 156 cm³/mol. The normalized spacial score (nSPS) is 16.5. The van der Waals surface area contributed by atoms with Crippen LogP contribution in [0.2, 0.25) is 0 Å². The first kappa shape index (κ1) is 25.3. The number of thiocarbonyl (C=S) groups is 1. The fraction of sp³-hybridized carbons (Fsp3) is 0.0968. The number of nitro benzene ring substituents is 1. The molecule has 1 N–H and O–H groups in total. The van der Waals surface area contributed by atoms with E-state index >= 15 is 0 Å². The zero-order chi connectivity index (χ0) is 27.6.